The van der Waals surface area contributed by atoms with Crippen LogP contribution in [0.5, 0.6) is 0 Å². The molecule has 0 atom stereocenters. The summed E-state index contributed by atoms with van der Waals surface area (Å²) in [6, 6.07) is 15.5. The summed E-state index contributed by atoms with van der Waals surface area (Å²) in [7, 11) is 0. The molecule has 0 saturated carbocycles. The largest absolute Gasteiger partial charge is 0.454 e. The van der Waals surface area contributed by atoms with E-state index in [1.54, 1.807) is 0 Å². The zero-order chi connectivity index (χ0) is 24.6. The van der Waals surface area contributed by atoms with Gasteiger partial charge in [-0.05, 0) is 49.2 Å². The molecule has 38 heavy (non-hydrogen) atoms. The number of halogens is 2. The molecule has 9 heteroatoms. The minimum atomic E-state index is -0.387. The number of piperazine rings is 1. The predicted molar refractivity (Wildman–Crippen MR) is 154 cm³/mol. The standard InChI is InChI=1S/C29H28N4O3.2ClH/c1-19-6-7-23-25(15-28(34)35-26(23)13-19)27-14-24-21(16-31-20(2)29(24)36-27)17-32-9-11-33(12-10-32)18-22-5-3-4-8-30-22;;/h3-8,13-16H,9-12,17-18H2,1-2H3;2*1H. The Kier molecular flexibility index (Phi) is 8.53. The molecule has 7 nitrogen and oxygen atoms in total. The van der Waals surface area contributed by atoms with Gasteiger partial charge in [-0.1, -0.05) is 18.2 Å². The smallest absolute Gasteiger partial charge is 0.336 e. The number of benzene rings is 1. The number of fused-ring (bicyclic) bond motifs is 2. The maximum absolute atomic E-state index is 12.3. The first kappa shape index (κ1) is 27.8. The lowest BCUT2D eigenvalue weighted by Crippen LogP contribution is -2.45. The SMILES string of the molecule is Cc1ccc2c(-c3cc4c(CN5CCN(Cc6ccccn6)CC5)cnc(C)c4o3)cc(=O)oc2c1.Cl.Cl. The number of aryl methyl sites for hydroxylation is 2. The number of rotatable bonds is 5. The van der Waals surface area contributed by atoms with E-state index >= 15 is 0 Å². The van der Waals surface area contributed by atoms with E-state index in [0.717, 1.165) is 83.7 Å². The Morgan fingerprint density at radius 1 is 0.842 bits per heavy atom. The summed E-state index contributed by atoms with van der Waals surface area (Å²) >= 11 is 0. The van der Waals surface area contributed by atoms with Crippen LogP contribution >= 0.6 is 24.8 Å². The number of nitrogens with zero attached hydrogens (tertiary/aromatic N) is 4. The lowest BCUT2D eigenvalue weighted by molar-refractivity contribution is 0.121. The molecule has 5 aromatic rings. The molecule has 0 unspecified atom stereocenters. The van der Waals surface area contributed by atoms with Crippen molar-refractivity contribution in [2.24, 2.45) is 0 Å². The second-order valence-corrected chi connectivity index (χ2v) is 9.57. The van der Waals surface area contributed by atoms with Crippen LogP contribution in [-0.4, -0.2) is 45.9 Å². The summed E-state index contributed by atoms with van der Waals surface area (Å²) < 4.78 is 11.8. The van der Waals surface area contributed by atoms with Crippen molar-refractivity contribution in [1.29, 1.82) is 0 Å². The van der Waals surface area contributed by atoms with Crippen molar-refractivity contribution < 1.29 is 8.83 Å². The van der Waals surface area contributed by atoms with E-state index in [2.05, 4.69) is 25.8 Å². The van der Waals surface area contributed by atoms with Crippen LogP contribution in [0.4, 0.5) is 0 Å². The van der Waals surface area contributed by atoms with Gasteiger partial charge in [0.25, 0.3) is 0 Å². The Balaban J connectivity index is 0.00000168. The molecule has 1 saturated heterocycles. The first-order valence-electron chi connectivity index (χ1n) is 12.3. The quantitative estimate of drug-likeness (QED) is 0.256. The molecule has 1 aliphatic rings. The lowest BCUT2D eigenvalue weighted by Gasteiger charge is -2.34. The fraction of sp³-hybridized carbons (Fsp3) is 0.276. The highest BCUT2D eigenvalue weighted by molar-refractivity contribution is 5.95. The molecule has 6 rings (SSSR count). The first-order valence-corrected chi connectivity index (χ1v) is 12.3. The van der Waals surface area contributed by atoms with Crippen molar-refractivity contribution >= 4 is 46.8 Å². The van der Waals surface area contributed by atoms with Crippen LogP contribution in [0.3, 0.4) is 0 Å². The van der Waals surface area contributed by atoms with E-state index in [4.69, 9.17) is 8.83 Å². The van der Waals surface area contributed by atoms with Gasteiger partial charge < -0.3 is 8.83 Å². The minimum Gasteiger partial charge on any atom is -0.454 e. The highest BCUT2D eigenvalue weighted by Gasteiger charge is 2.21. The number of pyridine rings is 2. The number of furan rings is 1. The van der Waals surface area contributed by atoms with Crippen molar-refractivity contribution in [1.82, 2.24) is 19.8 Å². The fourth-order valence-corrected chi connectivity index (χ4v) is 5.00. The van der Waals surface area contributed by atoms with E-state index in [1.807, 2.05) is 62.6 Å². The van der Waals surface area contributed by atoms with Crippen molar-refractivity contribution in [2.75, 3.05) is 26.2 Å². The molecule has 1 aliphatic heterocycles. The molecule has 5 heterocycles. The Morgan fingerprint density at radius 3 is 2.34 bits per heavy atom. The second-order valence-electron chi connectivity index (χ2n) is 9.57. The Morgan fingerprint density at radius 2 is 1.61 bits per heavy atom. The summed E-state index contributed by atoms with van der Waals surface area (Å²) in [5.74, 6) is 0.657. The van der Waals surface area contributed by atoms with Crippen molar-refractivity contribution in [2.45, 2.75) is 26.9 Å². The van der Waals surface area contributed by atoms with Gasteiger partial charge in [0.2, 0.25) is 0 Å². The minimum absolute atomic E-state index is 0. The van der Waals surface area contributed by atoms with Crippen LogP contribution in [0, 0.1) is 13.8 Å². The van der Waals surface area contributed by atoms with Crippen LogP contribution in [-0.2, 0) is 13.1 Å². The molecule has 198 valence electrons. The molecule has 1 aromatic carbocycles. The first-order chi connectivity index (χ1) is 17.5. The van der Waals surface area contributed by atoms with Gasteiger partial charge in [-0.25, -0.2) is 4.79 Å². The number of aromatic nitrogens is 2. The molecular formula is C29H30Cl2N4O3. The summed E-state index contributed by atoms with van der Waals surface area (Å²) in [6.07, 6.45) is 3.81. The topological polar surface area (TPSA) is 75.6 Å². The number of hydrogen-bond donors (Lipinski definition) is 0. The van der Waals surface area contributed by atoms with Gasteiger partial charge in [-0.15, -0.1) is 24.8 Å². The molecule has 0 radical (unpaired) electrons. The van der Waals surface area contributed by atoms with Gasteiger partial charge in [0, 0.05) is 74.1 Å². The third kappa shape index (κ3) is 5.61. The molecule has 0 spiro atoms. The van der Waals surface area contributed by atoms with E-state index in [-0.39, 0.29) is 30.4 Å². The normalized spacial score (nSPS) is 14.4. The second kappa shape index (κ2) is 11.7. The van der Waals surface area contributed by atoms with Crippen molar-refractivity contribution in [3.05, 3.63) is 93.9 Å². The van der Waals surface area contributed by atoms with E-state index in [9.17, 15) is 4.79 Å². The van der Waals surface area contributed by atoms with Crippen LogP contribution in [0.1, 0.15) is 22.5 Å². The summed E-state index contributed by atoms with van der Waals surface area (Å²) in [5, 5.41) is 1.90. The zero-order valence-electron chi connectivity index (χ0n) is 21.3. The van der Waals surface area contributed by atoms with Crippen LogP contribution < -0.4 is 5.63 Å². The highest BCUT2D eigenvalue weighted by Crippen LogP contribution is 2.35. The monoisotopic (exact) mass is 552 g/mol. The van der Waals surface area contributed by atoms with Crippen LogP contribution in [0.15, 0.2) is 74.6 Å². The molecule has 4 aromatic heterocycles. The van der Waals surface area contributed by atoms with Gasteiger partial charge in [-0.2, -0.15) is 0 Å². The molecule has 0 bridgehead atoms. The van der Waals surface area contributed by atoms with E-state index in [1.165, 1.54) is 6.07 Å². The third-order valence-corrected chi connectivity index (χ3v) is 6.96. The van der Waals surface area contributed by atoms with E-state index in [0.29, 0.717) is 11.3 Å². The fourth-order valence-electron chi connectivity index (χ4n) is 5.00. The van der Waals surface area contributed by atoms with Crippen molar-refractivity contribution in [3.63, 3.8) is 0 Å². The molecule has 0 amide bonds. The summed E-state index contributed by atoms with van der Waals surface area (Å²) in [5.41, 5.74) is 5.80. The Hall–Kier alpha value is -3.23. The predicted octanol–water partition coefficient (Wildman–Crippen LogP) is 5.77. The maximum atomic E-state index is 12.3. The molecule has 0 N–H and O–H groups in total. The lowest BCUT2D eigenvalue weighted by atomic mass is 10.1. The van der Waals surface area contributed by atoms with Crippen molar-refractivity contribution in [3.8, 4) is 11.3 Å². The third-order valence-electron chi connectivity index (χ3n) is 6.96. The van der Waals surface area contributed by atoms with Gasteiger partial charge in [0.15, 0.2) is 5.58 Å². The van der Waals surface area contributed by atoms with E-state index < -0.39 is 0 Å². The maximum Gasteiger partial charge on any atom is 0.336 e. The van der Waals surface area contributed by atoms with Gasteiger partial charge in [-0.3, -0.25) is 19.8 Å². The molecule has 0 aliphatic carbocycles. The van der Waals surface area contributed by atoms with Gasteiger partial charge in [0.1, 0.15) is 11.3 Å². The molecular weight excluding hydrogens is 523 g/mol. The zero-order valence-corrected chi connectivity index (χ0v) is 23.0. The van der Waals surface area contributed by atoms with Crippen LogP contribution in [0.25, 0.3) is 33.3 Å². The Bertz CT molecular complexity index is 1610. The highest BCUT2D eigenvalue weighted by atomic mass is 35.5. The Labute approximate surface area is 233 Å². The average molecular weight is 553 g/mol. The van der Waals surface area contributed by atoms with Gasteiger partial charge in [0.05, 0.1) is 11.4 Å². The molecule has 1 fully saturated rings. The van der Waals surface area contributed by atoms with Gasteiger partial charge >= 0.3 is 5.63 Å². The summed E-state index contributed by atoms with van der Waals surface area (Å²) in [6.45, 7) is 9.59. The number of hydrogen-bond acceptors (Lipinski definition) is 7. The average Bonchev–Trinajstić information content (AvgIpc) is 3.33. The van der Waals surface area contributed by atoms with Crippen LogP contribution in [0.2, 0.25) is 0 Å². The summed E-state index contributed by atoms with van der Waals surface area (Å²) in [4.78, 5) is 26.3.